The predicted octanol–water partition coefficient (Wildman–Crippen LogP) is 3.59. The van der Waals surface area contributed by atoms with Crippen molar-refractivity contribution in [3.8, 4) is 0 Å². The third-order valence-corrected chi connectivity index (χ3v) is 3.96. The number of aliphatic hydroxyl groups is 1. The van der Waals surface area contributed by atoms with Crippen LogP contribution in [0.1, 0.15) is 66.2 Å². The first kappa shape index (κ1) is 16.0. The Bertz CT molecular complexity index is 205. The van der Waals surface area contributed by atoms with E-state index in [1.165, 1.54) is 25.7 Å². The van der Waals surface area contributed by atoms with E-state index in [4.69, 9.17) is 0 Å². The summed E-state index contributed by atoms with van der Waals surface area (Å²) in [6.45, 7) is 10.3. The summed E-state index contributed by atoms with van der Waals surface area (Å²) in [5, 5.41) is 13.5. The number of nitrogens with one attached hydrogen (secondary N) is 1. The number of aliphatic hydroxyl groups excluding tert-OH is 1. The van der Waals surface area contributed by atoms with Crippen LogP contribution >= 0.6 is 0 Å². The zero-order valence-corrected chi connectivity index (χ0v) is 12.8. The Morgan fingerprint density at radius 1 is 1.06 bits per heavy atom. The Morgan fingerprint density at radius 2 is 1.67 bits per heavy atom. The maximum atomic E-state index is 9.71. The highest BCUT2D eigenvalue weighted by molar-refractivity contribution is 4.77. The molecule has 0 radical (unpaired) electrons. The minimum atomic E-state index is -0.0424. The lowest BCUT2D eigenvalue weighted by molar-refractivity contribution is 0.0988. The van der Waals surface area contributed by atoms with Crippen LogP contribution in [0.25, 0.3) is 0 Å². The molecule has 2 heteroatoms. The van der Waals surface area contributed by atoms with Crippen molar-refractivity contribution in [3.63, 3.8) is 0 Å². The van der Waals surface area contributed by atoms with Gasteiger partial charge in [0, 0.05) is 6.04 Å². The van der Waals surface area contributed by atoms with E-state index in [0.29, 0.717) is 12.0 Å². The van der Waals surface area contributed by atoms with Gasteiger partial charge in [0.25, 0.3) is 0 Å². The molecule has 2 atom stereocenters. The van der Waals surface area contributed by atoms with E-state index in [0.717, 1.165) is 31.2 Å². The zero-order valence-electron chi connectivity index (χ0n) is 12.8. The van der Waals surface area contributed by atoms with E-state index >= 15 is 0 Å². The molecule has 2 N–H and O–H groups in total. The molecule has 2 nitrogen and oxygen atoms in total. The van der Waals surface area contributed by atoms with E-state index in [1.807, 2.05) is 0 Å². The van der Waals surface area contributed by atoms with Crippen LogP contribution in [0.5, 0.6) is 0 Å². The van der Waals surface area contributed by atoms with Gasteiger partial charge in [0.15, 0.2) is 0 Å². The minimum absolute atomic E-state index is 0.0424. The smallest absolute Gasteiger partial charge is 0.0543 e. The van der Waals surface area contributed by atoms with Crippen molar-refractivity contribution >= 4 is 0 Å². The van der Waals surface area contributed by atoms with Gasteiger partial charge in [0.1, 0.15) is 0 Å². The van der Waals surface area contributed by atoms with Crippen LogP contribution in [0.2, 0.25) is 0 Å². The molecule has 18 heavy (non-hydrogen) atoms. The molecule has 0 bridgehead atoms. The molecule has 1 rings (SSSR count). The van der Waals surface area contributed by atoms with Crippen LogP contribution in [0, 0.1) is 17.8 Å². The van der Waals surface area contributed by atoms with Crippen molar-refractivity contribution in [3.05, 3.63) is 0 Å². The predicted molar refractivity (Wildman–Crippen MR) is 78.7 cm³/mol. The minimum Gasteiger partial charge on any atom is -0.393 e. The van der Waals surface area contributed by atoms with Gasteiger partial charge >= 0.3 is 0 Å². The van der Waals surface area contributed by atoms with Crippen LogP contribution in [0.4, 0.5) is 0 Å². The molecule has 2 unspecified atom stereocenters. The zero-order chi connectivity index (χ0) is 13.5. The van der Waals surface area contributed by atoms with E-state index in [1.54, 1.807) is 0 Å². The average Bonchev–Trinajstić information content (AvgIpc) is 2.24. The topological polar surface area (TPSA) is 32.3 Å². The summed E-state index contributed by atoms with van der Waals surface area (Å²) >= 11 is 0. The molecular formula is C16H33NO. The maximum absolute atomic E-state index is 9.71. The van der Waals surface area contributed by atoms with Crippen molar-refractivity contribution in [1.82, 2.24) is 5.32 Å². The van der Waals surface area contributed by atoms with Gasteiger partial charge in [-0.1, -0.05) is 34.1 Å². The van der Waals surface area contributed by atoms with Gasteiger partial charge in [-0.2, -0.15) is 0 Å². The Labute approximate surface area is 114 Å². The third-order valence-electron chi connectivity index (χ3n) is 3.96. The Hall–Kier alpha value is -0.0800. The Morgan fingerprint density at radius 3 is 2.17 bits per heavy atom. The van der Waals surface area contributed by atoms with Gasteiger partial charge in [0.2, 0.25) is 0 Å². The fourth-order valence-corrected chi connectivity index (χ4v) is 3.18. The summed E-state index contributed by atoms with van der Waals surface area (Å²) in [4.78, 5) is 0. The standard InChI is InChI=1S/C16H33NO/c1-12(2)8-15(9-13(3)4)17-11-14-6-5-7-16(18)10-14/h12-18H,5-11H2,1-4H3. The fraction of sp³-hybridized carbons (Fsp3) is 1.00. The SMILES string of the molecule is CC(C)CC(CC(C)C)NCC1CCCC(O)C1. The Balaban J connectivity index is 2.30. The first-order valence-electron chi connectivity index (χ1n) is 7.88. The van der Waals surface area contributed by atoms with Crippen molar-refractivity contribution in [2.45, 2.75) is 78.4 Å². The van der Waals surface area contributed by atoms with E-state index in [2.05, 4.69) is 33.0 Å². The molecule has 1 aliphatic carbocycles. The lowest BCUT2D eigenvalue weighted by Crippen LogP contribution is -2.37. The summed E-state index contributed by atoms with van der Waals surface area (Å²) in [7, 11) is 0. The van der Waals surface area contributed by atoms with Crippen molar-refractivity contribution in [2.24, 2.45) is 17.8 Å². The molecule has 0 heterocycles. The molecule has 0 aliphatic heterocycles. The second-order valence-electron chi connectivity index (χ2n) is 7.05. The molecular weight excluding hydrogens is 222 g/mol. The second kappa shape index (κ2) is 8.16. The normalized spacial score (nSPS) is 25.3. The van der Waals surface area contributed by atoms with Crippen molar-refractivity contribution in [1.29, 1.82) is 0 Å². The second-order valence-corrected chi connectivity index (χ2v) is 7.05. The van der Waals surface area contributed by atoms with Crippen LogP contribution < -0.4 is 5.32 Å². The number of rotatable bonds is 7. The van der Waals surface area contributed by atoms with Crippen LogP contribution in [0.15, 0.2) is 0 Å². The van der Waals surface area contributed by atoms with Crippen LogP contribution in [-0.2, 0) is 0 Å². The highest BCUT2D eigenvalue weighted by Gasteiger charge is 2.21. The first-order chi connectivity index (χ1) is 8.47. The average molecular weight is 255 g/mol. The van der Waals surface area contributed by atoms with Gasteiger partial charge in [-0.3, -0.25) is 0 Å². The molecule has 0 spiro atoms. The molecule has 0 aromatic heterocycles. The maximum Gasteiger partial charge on any atom is 0.0543 e. The van der Waals surface area contributed by atoms with E-state index in [-0.39, 0.29) is 6.10 Å². The molecule has 1 fully saturated rings. The van der Waals surface area contributed by atoms with Gasteiger partial charge < -0.3 is 10.4 Å². The highest BCUT2D eigenvalue weighted by Crippen LogP contribution is 2.24. The van der Waals surface area contributed by atoms with Gasteiger partial charge in [0.05, 0.1) is 6.10 Å². The number of hydrogen-bond acceptors (Lipinski definition) is 2. The third kappa shape index (κ3) is 6.75. The molecule has 0 aromatic rings. The molecule has 1 aliphatic rings. The molecule has 0 amide bonds. The fourth-order valence-electron chi connectivity index (χ4n) is 3.18. The van der Waals surface area contributed by atoms with Crippen molar-refractivity contribution < 1.29 is 5.11 Å². The summed E-state index contributed by atoms with van der Waals surface area (Å²) in [6, 6.07) is 0.657. The largest absolute Gasteiger partial charge is 0.393 e. The monoisotopic (exact) mass is 255 g/mol. The lowest BCUT2D eigenvalue weighted by Gasteiger charge is -2.29. The molecule has 0 saturated heterocycles. The lowest BCUT2D eigenvalue weighted by atomic mass is 9.86. The Kier molecular flexibility index (Phi) is 7.25. The number of hydrogen-bond donors (Lipinski definition) is 2. The summed E-state index contributed by atoms with van der Waals surface area (Å²) in [6.07, 6.45) is 7.01. The summed E-state index contributed by atoms with van der Waals surface area (Å²) < 4.78 is 0. The molecule has 1 saturated carbocycles. The van der Waals surface area contributed by atoms with Gasteiger partial charge in [-0.05, 0) is 56.4 Å². The molecule has 0 aromatic carbocycles. The molecule has 108 valence electrons. The van der Waals surface area contributed by atoms with Crippen molar-refractivity contribution in [2.75, 3.05) is 6.54 Å². The van der Waals surface area contributed by atoms with E-state index in [9.17, 15) is 5.11 Å². The quantitative estimate of drug-likeness (QED) is 0.728. The van der Waals surface area contributed by atoms with Gasteiger partial charge in [-0.15, -0.1) is 0 Å². The summed E-state index contributed by atoms with van der Waals surface area (Å²) in [5.41, 5.74) is 0. The van der Waals surface area contributed by atoms with E-state index < -0.39 is 0 Å². The first-order valence-corrected chi connectivity index (χ1v) is 7.88. The highest BCUT2D eigenvalue weighted by atomic mass is 16.3. The van der Waals surface area contributed by atoms with Gasteiger partial charge in [-0.25, -0.2) is 0 Å². The summed E-state index contributed by atoms with van der Waals surface area (Å²) in [5.74, 6) is 2.21. The van der Waals surface area contributed by atoms with Crippen LogP contribution in [0.3, 0.4) is 0 Å². The van der Waals surface area contributed by atoms with Crippen LogP contribution in [-0.4, -0.2) is 23.8 Å².